The van der Waals surface area contributed by atoms with Crippen molar-refractivity contribution in [1.29, 1.82) is 0 Å². The lowest BCUT2D eigenvalue weighted by molar-refractivity contribution is -0.142. The van der Waals surface area contributed by atoms with Gasteiger partial charge < -0.3 is 4.90 Å². The quantitative estimate of drug-likeness (QED) is 0.302. The molecule has 5 rings (SSSR count). The van der Waals surface area contributed by atoms with Crippen LogP contribution in [-0.2, 0) is 42.9 Å². The molecule has 3 aromatic carbocycles. The molecule has 0 aliphatic carbocycles. The fourth-order valence-electron chi connectivity index (χ4n) is 5.40. The number of halogens is 1. The van der Waals surface area contributed by atoms with Crippen LogP contribution >= 0.6 is 11.6 Å². The number of likely N-dealkylation sites (tertiary alicyclic amines) is 1. The molecule has 0 radical (unpaired) electrons. The first-order valence-corrected chi connectivity index (χ1v) is 14.5. The maximum absolute atomic E-state index is 14.0. The number of hydrogen-bond acceptors (Lipinski definition) is 5. The Morgan fingerprint density at radius 3 is 2.05 bits per heavy atom. The normalized spacial score (nSPS) is 19.0. The number of sulfonamides is 1. The molecular formula is C29H28ClN3O5S. The van der Waals surface area contributed by atoms with Crippen molar-refractivity contribution in [2.75, 3.05) is 18.0 Å². The zero-order chi connectivity index (χ0) is 27.9. The number of nitrogens with zero attached hydrogens (tertiary/aromatic N) is 3. The number of amides is 3. The Morgan fingerprint density at radius 2 is 1.41 bits per heavy atom. The molecule has 1 spiro atoms. The monoisotopic (exact) mass is 565 g/mol. The van der Waals surface area contributed by atoms with Crippen LogP contribution < -0.4 is 4.90 Å². The van der Waals surface area contributed by atoms with E-state index in [9.17, 15) is 22.8 Å². The summed E-state index contributed by atoms with van der Waals surface area (Å²) >= 11 is 6.30. The van der Waals surface area contributed by atoms with E-state index in [1.54, 1.807) is 44.2 Å². The van der Waals surface area contributed by atoms with Crippen molar-refractivity contribution in [2.24, 2.45) is 0 Å². The highest BCUT2D eigenvalue weighted by molar-refractivity contribution is 7.89. The van der Waals surface area contributed by atoms with Gasteiger partial charge in [0, 0.05) is 29.4 Å². The van der Waals surface area contributed by atoms with E-state index in [1.165, 1.54) is 21.3 Å². The predicted molar refractivity (Wildman–Crippen MR) is 147 cm³/mol. The van der Waals surface area contributed by atoms with Gasteiger partial charge in [-0.25, -0.2) is 8.42 Å². The van der Waals surface area contributed by atoms with Gasteiger partial charge in [-0.3, -0.25) is 19.3 Å². The number of hydrogen-bond donors (Lipinski definition) is 0. The van der Waals surface area contributed by atoms with E-state index in [-0.39, 0.29) is 24.4 Å². The van der Waals surface area contributed by atoms with Crippen LogP contribution in [0.1, 0.15) is 37.0 Å². The first-order chi connectivity index (χ1) is 18.6. The third-order valence-electron chi connectivity index (χ3n) is 7.44. The molecule has 3 amide bonds. The predicted octanol–water partition coefficient (Wildman–Crippen LogP) is 4.11. The van der Waals surface area contributed by atoms with Crippen molar-refractivity contribution in [3.05, 3.63) is 94.5 Å². The molecule has 10 heteroatoms. The SMILES string of the molecule is CCN(CC)S(=O)(=O)c1ccc(CN2C(=O)C3(CC(=O)N(Cc4ccccc4)C3=O)c3cc(Cl)ccc32)cc1. The number of carbonyl (C=O) groups is 3. The van der Waals surface area contributed by atoms with Crippen LogP contribution in [0.5, 0.6) is 0 Å². The minimum atomic E-state index is -3.62. The number of carbonyl (C=O) groups excluding carboxylic acids is 3. The summed E-state index contributed by atoms with van der Waals surface area (Å²) in [7, 11) is -3.62. The zero-order valence-electron chi connectivity index (χ0n) is 21.6. The fraction of sp³-hybridized carbons (Fsp3) is 0.276. The summed E-state index contributed by atoms with van der Waals surface area (Å²) in [5.74, 6) is -1.47. The summed E-state index contributed by atoms with van der Waals surface area (Å²) in [6.45, 7) is 4.46. The Hall–Kier alpha value is -3.53. The first kappa shape index (κ1) is 27.1. The van der Waals surface area contributed by atoms with Gasteiger partial charge in [0.15, 0.2) is 5.41 Å². The van der Waals surface area contributed by atoms with E-state index in [0.29, 0.717) is 34.9 Å². The number of anilines is 1. The molecule has 3 aromatic rings. The Bertz CT molecular complexity index is 1560. The van der Waals surface area contributed by atoms with Crippen molar-refractivity contribution < 1.29 is 22.8 Å². The van der Waals surface area contributed by atoms with E-state index in [4.69, 9.17) is 11.6 Å². The highest BCUT2D eigenvalue weighted by atomic mass is 35.5. The molecule has 2 heterocycles. The molecule has 1 atom stereocenters. The summed E-state index contributed by atoms with van der Waals surface area (Å²) in [5.41, 5.74) is 0.696. The zero-order valence-corrected chi connectivity index (χ0v) is 23.2. The van der Waals surface area contributed by atoms with Crippen molar-refractivity contribution in [3.63, 3.8) is 0 Å². The highest BCUT2D eigenvalue weighted by Gasteiger charge is 2.63. The maximum Gasteiger partial charge on any atom is 0.250 e. The third-order valence-corrected chi connectivity index (χ3v) is 9.74. The topological polar surface area (TPSA) is 95.1 Å². The molecule has 1 unspecified atom stereocenters. The molecule has 8 nitrogen and oxygen atoms in total. The molecule has 202 valence electrons. The van der Waals surface area contributed by atoms with Gasteiger partial charge >= 0.3 is 0 Å². The molecular weight excluding hydrogens is 538 g/mol. The van der Waals surface area contributed by atoms with Crippen LogP contribution in [0, 0.1) is 0 Å². The van der Waals surface area contributed by atoms with Gasteiger partial charge in [0.2, 0.25) is 27.7 Å². The molecule has 39 heavy (non-hydrogen) atoms. The van der Waals surface area contributed by atoms with Gasteiger partial charge in [0.05, 0.1) is 24.4 Å². The largest absolute Gasteiger partial charge is 0.306 e. The Labute approximate surface area is 232 Å². The molecule has 0 bridgehead atoms. The lowest BCUT2D eigenvalue weighted by Crippen LogP contribution is -2.46. The molecule has 1 saturated heterocycles. The van der Waals surface area contributed by atoms with Crippen molar-refractivity contribution in [3.8, 4) is 0 Å². The van der Waals surface area contributed by atoms with Gasteiger partial charge in [-0.2, -0.15) is 4.31 Å². The number of rotatable bonds is 8. The summed E-state index contributed by atoms with van der Waals surface area (Å²) in [5, 5.41) is 0.357. The Kier molecular flexibility index (Phi) is 7.09. The minimum Gasteiger partial charge on any atom is -0.306 e. The van der Waals surface area contributed by atoms with E-state index >= 15 is 0 Å². The van der Waals surface area contributed by atoms with E-state index in [1.807, 2.05) is 30.3 Å². The van der Waals surface area contributed by atoms with Crippen LogP contribution in [0.25, 0.3) is 0 Å². The number of imide groups is 1. The molecule has 1 fully saturated rings. The second-order valence-electron chi connectivity index (χ2n) is 9.64. The number of benzene rings is 3. The summed E-state index contributed by atoms with van der Waals surface area (Å²) in [6, 6.07) is 20.4. The summed E-state index contributed by atoms with van der Waals surface area (Å²) < 4.78 is 27.1. The highest BCUT2D eigenvalue weighted by Crippen LogP contribution is 2.50. The summed E-state index contributed by atoms with van der Waals surface area (Å²) in [6.07, 6.45) is -0.275. The van der Waals surface area contributed by atoms with Gasteiger partial charge in [0.1, 0.15) is 0 Å². The van der Waals surface area contributed by atoms with Crippen LogP contribution in [0.15, 0.2) is 77.7 Å². The minimum absolute atomic E-state index is 0.0753. The van der Waals surface area contributed by atoms with Gasteiger partial charge in [-0.05, 0) is 41.5 Å². The molecule has 0 aromatic heterocycles. The third kappa shape index (κ3) is 4.44. The Balaban J connectivity index is 1.47. The van der Waals surface area contributed by atoms with Gasteiger partial charge in [-0.1, -0.05) is 67.9 Å². The average molecular weight is 566 g/mol. The maximum atomic E-state index is 14.0. The van der Waals surface area contributed by atoms with Crippen LogP contribution in [0.2, 0.25) is 5.02 Å². The Morgan fingerprint density at radius 1 is 0.821 bits per heavy atom. The average Bonchev–Trinajstić information content (AvgIpc) is 3.30. The molecule has 0 N–H and O–H groups in total. The van der Waals surface area contributed by atoms with Crippen LogP contribution in [0.3, 0.4) is 0 Å². The lowest BCUT2D eigenvalue weighted by Gasteiger charge is -2.23. The van der Waals surface area contributed by atoms with Crippen LogP contribution in [-0.4, -0.2) is 48.4 Å². The van der Waals surface area contributed by atoms with Crippen molar-refractivity contribution in [1.82, 2.24) is 9.21 Å². The molecule has 0 saturated carbocycles. The van der Waals surface area contributed by atoms with Gasteiger partial charge in [0.25, 0.3) is 0 Å². The standard InChI is InChI=1S/C29H28ClN3O5S/c1-3-31(4-2)39(37,38)23-13-10-21(11-14-23)18-32-25-15-12-22(30)16-24(25)29(27(32)35)17-26(34)33(28(29)36)19-20-8-6-5-7-9-20/h5-16H,3-4,17-19H2,1-2H3. The summed E-state index contributed by atoms with van der Waals surface area (Å²) in [4.78, 5) is 43.8. The fourth-order valence-corrected chi connectivity index (χ4v) is 7.03. The first-order valence-electron chi connectivity index (χ1n) is 12.7. The molecule has 2 aliphatic heterocycles. The lowest BCUT2D eigenvalue weighted by atomic mass is 9.80. The second kappa shape index (κ2) is 10.2. The number of fused-ring (bicyclic) bond motifs is 2. The van der Waals surface area contributed by atoms with Crippen molar-refractivity contribution in [2.45, 2.75) is 43.7 Å². The van der Waals surface area contributed by atoms with Gasteiger partial charge in [-0.15, -0.1) is 0 Å². The van der Waals surface area contributed by atoms with E-state index in [2.05, 4.69) is 0 Å². The van der Waals surface area contributed by atoms with E-state index in [0.717, 1.165) is 10.5 Å². The smallest absolute Gasteiger partial charge is 0.250 e. The molecule has 2 aliphatic rings. The second-order valence-corrected chi connectivity index (χ2v) is 12.0. The van der Waals surface area contributed by atoms with Crippen molar-refractivity contribution >= 4 is 45.0 Å². The van der Waals surface area contributed by atoms with E-state index < -0.39 is 33.2 Å². The van der Waals surface area contributed by atoms with Crippen LogP contribution in [0.4, 0.5) is 5.69 Å².